The summed E-state index contributed by atoms with van der Waals surface area (Å²) in [6.45, 7) is 3.10. The molecule has 0 aliphatic carbocycles. The van der Waals surface area contributed by atoms with Crippen molar-refractivity contribution in [3.63, 3.8) is 0 Å². The van der Waals surface area contributed by atoms with Gasteiger partial charge in [0.1, 0.15) is 5.65 Å². The van der Waals surface area contributed by atoms with Crippen LogP contribution in [-0.4, -0.2) is 27.2 Å². The quantitative estimate of drug-likeness (QED) is 0.899. The fourth-order valence-corrected chi connectivity index (χ4v) is 2.98. The zero-order valence-electron chi connectivity index (χ0n) is 11.1. The Morgan fingerprint density at radius 3 is 3.05 bits per heavy atom. The summed E-state index contributed by atoms with van der Waals surface area (Å²) in [5.74, 6) is 0.179. The number of nitrogen functional groups attached to an aromatic ring is 1. The van der Waals surface area contributed by atoms with Gasteiger partial charge in [-0.05, 0) is 41.8 Å². The summed E-state index contributed by atoms with van der Waals surface area (Å²) < 4.78 is 7.74. The molecule has 1 fully saturated rings. The lowest BCUT2D eigenvalue weighted by atomic mass is 10.2. The first kappa shape index (κ1) is 13.5. The van der Waals surface area contributed by atoms with E-state index in [0.29, 0.717) is 16.7 Å². The van der Waals surface area contributed by atoms with Crippen LogP contribution in [0.5, 0.6) is 0 Å². The molecule has 106 valence electrons. The maximum Gasteiger partial charge on any atom is 0.266 e. The van der Waals surface area contributed by atoms with E-state index in [9.17, 15) is 4.79 Å². The number of aryl methyl sites for hydroxylation is 1. The third-order valence-electron chi connectivity index (χ3n) is 3.52. The van der Waals surface area contributed by atoms with Crippen LogP contribution in [0.4, 0.5) is 5.95 Å². The van der Waals surface area contributed by atoms with Crippen molar-refractivity contribution in [2.24, 2.45) is 0 Å². The lowest BCUT2D eigenvalue weighted by molar-refractivity contribution is 0.0970. The van der Waals surface area contributed by atoms with Gasteiger partial charge in [-0.3, -0.25) is 9.36 Å². The van der Waals surface area contributed by atoms with Crippen LogP contribution in [0, 0.1) is 6.92 Å². The van der Waals surface area contributed by atoms with E-state index in [1.54, 1.807) is 10.6 Å². The highest BCUT2D eigenvalue weighted by Gasteiger charge is 2.20. The smallest absolute Gasteiger partial charge is 0.266 e. The van der Waals surface area contributed by atoms with Gasteiger partial charge in [-0.15, -0.1) is 0 Å². The molecule has 7 heteroatoms. The molecule has 3 rings (SSSR count). The summed E-state index contributed by atoms with van der Waals surface area (Å²) in [5.41, 5.74) is 6.92. The van der Waals surface area contributed by atoms with E-state index < -0.39 is 0 Å². The maximum atomic E-state index is 12.4. The molecule has 20 heavy (non-hydrogen) atoms. The van der Waals surface area contributed by atoms with E-state index >= 15 is 0 Å². The van der Waals surface area contributed by atoms with Gasteiger partial charge < -0.3 is 10.5 Å². The molecule has 0 bridgehead atoms. The molecule has 1 aliphatic rings. The number of aromatic nitrogens is 3. The third-order valence-corrected chi connectivity index (χ3v) is 4.09. The van der Waals surface area contributed by atoms with E-state index in [2.05, 4.69) is 25.9 Å². The number of halogens is 1. The first-order chi connectivity index (χ1) is 9.56. The molecular formula is C13H15BrN4O2. The molecule has 3 heterocycles. The highest BCUT2D eigenvalue weighted by Crippen LogP contribution is 2.21. The Balaban J connectivity index is 2.21. The standard InChI is InChI=1S/C13H15BrN4O2/c1-7-9-5-10(14)12(19)18(6-8-3-2-4-20-8)11(9)17-13(15)16-7/h5,8H,2-4,6H2,1H3,(H2,15,16,17). The molecule has 6 nitrogen and oxygen atoms in total. The predicted molar refractivity (Wildman–Crippen MR) is 79.6 cm³/mol. The number of nitrogens with zero attached hydrogens (tertiary/aromatic N) is 3. The van der Waals surface area contributed by atoms with Crippen molar-refractivity contribution >= 4 is 32.9 Å². The highest BCUT2D eigenvalue weighted by molar-refractivity contribution is 9.10. The topological polar surface area (TPSA) is 83.0 Å². The van der Waals surface area contributed by atoms with Crippen molar-refractivity contribution in [1.29, 1.82) is 0 Å². The van der Waals surface area contributed by atoms with Crippen molar-refractivity contribution in [1.82, 2.24) is 14.5 Å². The summed E-state index contributed by atoms with van der Waals surface area (Å²) in [5, 5.41) is 0.823. The van der Waals surface area contributed by atoms with Crippen LogP contribution >= 0.6 is 15.9 Å². The van der Waals surface area contributed by atoms with Gasteiger partial charge in [0.25, 0.3) is 5.56 Å². The SMILES string of the molecule is Cc1nc(N)nc2c1cc(Br)c(=O)n2CC1CCCO1. The van der Waals surface area contributed by atoms with Crippen LogP contribution in [-0.2, 0) is 11.3 Å². The molecule has 1 atom stereocenters. The normalized spacial score (nSPS) is 18.8. The van der Waals surface area contributed by atoms with E-state index in [0.717, 1.165) is 30.5 Å². The van der Waals surface area contributed by atoms with Crippen molar-refractivity contribution < 1.29 is 4.74 Å². The Labute approximate surface area is 124 Å². The second-order valence-electron chi connectivity index (χ2n) is 4.95. The van der Waals surface area contributed by atoms with Crippen LogP contribution < -0.4 is 11.3 Å². The molecule has 0 amide bonds. The molecule has 2 N–H and O–H groups in total. The van der Waals surface area contributed by atoms with Gasteiger partial charge in [0, 0.05) is 12.0 Å². The molecule has 1 unspecified atom stereocenters. The van der Waals surface area contributed by atoms with Crippen LogP contribution in [0.3, 0.4) is 0 Å². The Hall–Kier alpha value is -1.47. The van der Waals surface area contributed by atoms with Gasteiger partial charge in [0.2, 0.25) is 5.95 Å². The van der Waals surface area contributed by atoms with E-state index in [1.165, 1.54) is 0 Å². The second kappa shape index (κ2) is 5.14. The summed E-state index contributed by atoms with van der Waals surface area (Å²) in [4.78, 5) is 20.7. The van der Waals surface area contributed by atoms with Crippen molar-refractivity contribution in [2.75, 3.05) is 12.3 Å². The summed E-state index contributed by atoms with van der Waals surface area (Å²) in [6.07, 6.45) is 2.04. The number of pyridine rings is 1. The highest BCUT2D eigenvalue weighted by atomic mass is 79.9. The van der Waals surface area contributed by atoms with Crippen molar-refractivity contribution in [2.45, 2.75) is 32.4 Å². The Kier molecular flexibility index (Phi) is 3.47. The van der Waals surface area contributed by atoms with Crippen LogP contribution in [0.2, 0.25) is 0 Å². The van der Waals surface area contributed by atoms with Gasteiger partial charge in [-0.25, -0.2) is 4.98 Å². The first-order valence-electron chi connectivity index (χ1n) is 6.51. The molecule has 0 spiro atoms. The minimum absolute atomic E-state index is 0.0571. The first-order valence-corrected chi connectivity index (χ1v) is 7.30. The maximum absolute atomic E-state index is 12.4. The summed E-state index contributed by atoms with van der Waals surface area (Å²) in [7, 11) is 0. The fourth-order valence-electron chi connectivity index (χ4n) is 2.54. The van der Waals surface area contributed by atoms with Crippen LogP contribution in [0.15, 0.2) is 15.3 Å². The molecule has 1 saturated heterocycles. The van der Waals surface area contributed by atoms with Gasteiger partial charge in [-0.1, -0.05) is 0 Å². The summed E-state index contributed by atoms with van der Waals surface area (Å²) >= 11 is 3.31. The van der Waals surface area contributed by atoms with Gasteiger partial charge in [0.05, 0.1) is 22.8 Å². The number of fused-ring (bicyclic) bond motifs is 1. The molecule has 2 aromatic heterocycles. The van der Waals surface area contributed by atoms with E-state index in [1.807, 2.05) is 6.92 Å². The van der Waals surface area contributed by atoms with Gasteiger partial charge >= 0.3 is 0 Å². The van der Waals surface area contributed by atoms with Crippen LogP contribution in [0.1, 0.15) is 18.5 Å². The van der Waals surface area contributed by atoms with E-state index in [4.69, 9.17) is 10.5 Å². The number of ether oxygens (including phenoxy) is 1. The molecule has 0 saturated carbocycles. The molecule has 0 radical (unpaired) electrons. The minimum Gasteiger partial charge on any atom is -0.376 e. The minimum atomic E-state index is -0.120. The second-order valence-corrected chi connectivity index (χ2v) is 5.80. The zero-order valence-corrected chi connectivity index (χ0v) is 12.7. The van der Waals surface area contributed by atoms with Gasteiger partial charge in [-0.2, -0.15) is 4.98 Å². The molecule has 2 aromatic rings. The van der Waals surface area contributed by atoms with Gasteiger partial charge in [0.15, 0.2) is 0 Å². The van der Waals surface area contributed by atoms with E-state index in [-0.39, 0.29) is 17.6 Å². The predicted octanol–water partition coefficient (Wildman–Crippen LogP) is 1.62. The molecule has 1 aliphatic heterocycles. The average molecular weight is 339 g/mol. The molecular weight excluding hydrogens is 324 g/mol. The number of nitrogens with two attached hydrogens (primary N) is 1. The summed E-state index contributed by atoms with van der Waals surface area (Å²) in [6, 6.07) is 1.75. The van der Waals surface area contributed by atoms with Crippen LogP contribution in [0.25, 0.3) is 11.0 Å². The number of anilines is 1. The van der Waals surface area contributed by atoms with Crippen molar-refractivity contribution in [3.8, 4) is 0 Å². The third kappa shape index (κ3) is 2.31. The lowest BCUT2D eigenvalue weighted by Crippen LogP contribution is -2.28. The Bertz CT molecular complexity index is 722. The lowest BCUT2D eigenvalue weighted by Gasteiger charge is -2.15. The number of hydrogen-bond donors (Lipinski definition) is 1. The number of hydrogen-bond acceptors (Lipinski definition) is 5. The Morgan fingerprint density at radius 2 is 2.35 bits per heavy atom. The van der Waals surface area contributed by atoms with Crippen molar-refractivity contribution in [3.05, 3.63) is 26.6 Å². The average Bonchev–Trinajstić information content (AvgIpc) is 2.89. The zero-order chi connectivity index (χ0) is 14.3. The Morgan fingerprint density at radius 1 is 1.55 bits per heavy atom. The largest absolute Gasteiger partial charge is 0.376 e. The monoisotopic (exact) mass is 338 g/mol. The fraction of sp³-hybridized carbons (Fsp3) is 0.462. The number of rotatable bonds is 2. The molecule has 0 aromatic carbocycles.